The minimum absolute atomic E-state index is 0.0108. The van der Waals surface area contributed by atoms with Crippen molar-refractivity contribution >= 4 is 16.0 Å². The Kier molecular flexibility index (Phi) is 3.99. The normalized spacial score (nSPS) is 11.3. The fourth-order valence-electron chi connectivity index (χ4n) is 1.08. The van der Waals surface area contributed by atoms with E-state index in [4.69, 9.17) is 10.8 Å². The van der Waals surface area contributed by atoms with E-state index in [0.717, 1.165) is 0 Å². The summed E-state index contributed by atoms with van der Waals surface area (Å²) in [5.74, 6) is -1.24. The molecule has 88 valence electrons. The van der Waals surface area contributed by atoms with E-state index in [1.54, 1.807) is 12.1 Å². The minimum Gasteiger partial charge on any atom is -0.480 e. The second-order valence-corrected chi connectivity index (χ2v) is 4.84. The molecule has 0 aliphatic carbocycles. The Morgan fingerprint density at radius 3 is 2.69 bits per heavy atom. The summed E-state index contributed by atoms with van der Waals surface area (Å²) in [6.07, 6.45) is 0. The van der Waals surface area contributed by atoms with Crippen molar-refractivity contribution in [3.05, 3.63) is 29.8 Å². The van der Waals surface area contributed by atoms with Gasteiger partial charge in [0, 0.05) is 6.54 Å². The van der Waals surface area contributed by atoms with Crippen molar-refractivity contribution in [2.24, 2.45) is 5.73 Å². The molecule has 0 saturated heterocycles. The summed E-state index contributed by atoms with van der Waals surface area (Å²) in [5, 5.41) is 8.38. The van der Waals surface area contributed by atoms with E-state index in [9.17, 15) is 13.2 Å². The highest BCUT2D eigenvalue weighted by Crippen LogP contribution is 2.10. The maximum Gasteiger partial charge on any atom is 0.318 e. The van der Waals surface area contributed by atoms with Crippen LogP contribution in [0.4, 0.5) is 0 Å². The highest BCUT2D eigenvalue weighted by molar-refractivity contribution is 7.89. The van der Waals surface area contributed by atoms with Crippen LogP contribution in [0, 0.1) is 0 Å². The fourth-order valence-corrected chi connectivity index (χ4v) is 2.12. The molecule has 0 heterocycles. The summed E-state index contributed by atoms with van der Waals surface area (Å²) in [6, 6.07) is 6.03. The Morgan fingerprint density at radius 2 is 2.12 bits per heavy atom. The first kappa shape index (κ1) is 12.6. The molecule has 0 fully saturated rings. The number of carboxylic acids is 1. The van der Waals surface area contributed by atoms with E-state index in [1.165, 1.54) is 12.1 Å². The van der Waals surface area contributed by atoms with Crippen LogP contribution in [-0.4, -0.2) is 26.0 Å². The van der Waals surface area contributed by atoms with Crippen LogP contribution in [0.15, 0.2) is 29.2 Å². The Morgan fingerprint density at radius 1 is 1.44 bits per heavy atom. The average molecular weight is 244 g/mol. The van der Waals surface area contributed by atoms with Gasteiger partial charge in [0.15, 0.2) is 0 Å². The van der Waals surface area contributed by atoms with Crippen LogP contribution in [0.5, 0.6) is 0 Å². The van der Waals surface area contributed by atoms with Crippen LogP contribution in [0.2, 0.25) is 0 Å². The Hall–Kier alpha value is -1.44. The molecule has 0 saturated carbocycles. The maximum absolute atomic E-state index is 11.6. The number of hydrogen-bond acceptors (Lipinski definition) is 4. The molecule has 0 aliphatic rings. The average Bonchev–Trinajstić information content (AvgIpc) is 2.27. The summed E-state index contributed by atoms with van der Waals surface area (Å²) in [7, 11) is -3.77. The second kappa shape index (κ2) is 5.06. The van der Waals surface area contributed by atoms with Crippen molar-refractivity contribution in [2.45, 2.75) is 11.4 Å². The van der Waals surface area contributed by atoms with E-state index in [-0.39, 0.29) is 11.4 Å². The predicted molar refractivity (Wildman–Crippen MR) is 57.2 cm³/mol. The molecule has 0 amide bonds. The molecule has 0 atom stereocenters. The molecule has 0 radical (unpaired) electrons. The van der Waals surface area contributed by atoms with Crippen molar-refractivity contribution in [1.82, 2.24) is 4.72 Å². The van der Waals surface area contributed by atoms with Crippen molar-refractivity contribution in [3.63, 3.8) is 0 Å². The van der Waals surface area contributed by atoms with E-state index in [2.05, 4.69) is 0 Å². The third-order valence-electron chi connectivity index (χ3n) is 1.86. The largest absolute Gasteiger partial charge is 0.480 e. The molecule has 6 nitrogen and oxygen atoms in total. The van der Waals surface area contributed by atoms with E-state index >= 15 is 0 Å². The zero-order chi connectivity index (χ0) is 12.2. The SMILES string of the molecule is NCc1cccc(S(=O)(=O)NCC(=O)O)c1. The standard InChI is InChI=1S/C9H12N2O4S/c10-5-7-2-1-3-8(4-7)16(14,15)11-6-9(12)13/h1-4,11H,5-6,10H2,(H,12,13). The Balaban J connectivity index is 2.93. The zero-order valence-electron chi connectivity index (χ0n) is 8.38. The molecule has 4 N–H and O–H groups in total. The molecular weight excluding hydrogens is 232 g/mol. The predicted octanol–water partition coefficient (Wildman–Crippen LogP) is -0.492. The lowest BCUT2D eigenvalue weighted by molar-refractivity contribution is -0.135. The quantitative estimate of drug-likeness (QED) is 0.647. The van der Waals surface area contributed by atoms with Gasteiger partial charge in [-0.15, -0.1) is 0 Å². The fraction of sp³-hybridized carbons (Fsp3) is 0.222. The summed E-state index contributed by atoms with van der Waals surface area (Å²) >= 11 is 0. The van der Waals surface area contributed by atoms with Crippen LogP contribution in [0.1, 0.15) is 5.56 Å². The van der Waals surface area contributed by atoms with Gasteiger partial charge in [0.25, 0.3) is 0 Å². The lowest BCUT2D eigenvalue weighted by atomic mass is 10.2. The highest BCUT2D eigenvalue weighted by atomic mass is 32.2. The maximum atomic E-state index is 11.6. The molecule has 1 rings (SSSR count). The van der Waals surface area contributed by atoms with Gasteiger partial charge >= 0.3 is 5.97 Å². The van der Waals surface area contributed by atoms with E-state index in [0.29, 0.717) is 5.56 Å². The van der Waals surface area contributed by atoms with Gasteiger partial charge in [-0.25, -0.2) is 8.42 Å². The van der Waals surface area contributed by atoms with Gasteiger partial charge in [-0.1, -0.05) is 12.1 Å². The monoisotopic (exact) mass is 244 g/mol. The van der Waals surface area contributed by atoms with Crippen molar-refractivity contribution < 1.29 is 18.3 Å². The zero-order valence-corrected chi connectivity index (χ0v) is 9.20. The molecule has 7 heteroatoms. The van der Waals surface area contributed by atoms with Crippen molar-refractivity contribution in [2.75, 3.05) is 6.54 Å². The molecule has 0 aromatic heterocycles. The van der Waals surface area contributed by atoms with Gasteiger partial charge in [-0.2, -0.15) is 4.72 Å². The van der Waals surface area contributed by atoms with Crippen LogP contribution >= 0.6 is 0 Å². The number of carboxylic acid groups (broad SMARTS) is 1. The van der Waals surface area contributed by atoms with Gasteiger partial charge in [-0.3, -0.25) is 4.79 Å². The van der Waals surface area contributed by atoms with Crippen LogP contribution < -0.4 is 10.5 Å². The van der Waals surface area contributed by atoms with E-state index < -0.39 is 22.5 Å². The highest BCUT2D eigenvalue weighted by Gasteiger charge is 2.14. The number of rotatable bonds is 5. The van der Waals surface area contributed by atoms with Crippen LogP contribution in [0.25, 0.3) is 0 Å². The molecular formula is C9H12N2O4S. The van der Waals surface area contributed by atoms with Crippen molar-refractivity contribution in [1.29, 1.82) is 0 Å². The first-order valence-electron chi connectivity index (χ1n) is 4.46. The first-order valence-corrected chi connectivity index (χ1v) is 5.94. The van der Waals surface area contributed by atoms with Gasteiger partial charge in [0.1, 0.15) is 6.54 Å². The minimum atomic E-state index is -3.77. The topological polar surface area (TPSA) is 109 Å². The lowest BCUT2D eigenvalue weighted by Crippen LogP contribution is -2.29. The number of hydrogen-bond donors (Lipinski definition) is 3. The molecule has 0 spiro atoms. The van der Waals surface area contributed by atoms with Gasteiger partial charge in [-0.05, 0) is 17.7 Å². The van der Waals surface area contributed by atoms with Crippen LogP contribution in [-0.2, 0) is 21.4 Å². The smallest absolute Gasteiger partial charge is 0.318 e. The number of aliphatic carboxylic acids is 1. The summed E-state index contributed by atoms with van der Waals surface area (Å²) in [5.41, 5.74) is 6.04. The summed E-state index contributed by atoms with van der Waals surface area (Å²) in [4.78, 5) is 10.3. The Labute approximate surface area is 93.1 Å². The molecule has 1 aromatic rings. The number of sulfonamides is 1. The Bertz CT molecular complexity index is 484. The number of nitrogens with two attached hydrogens (primary N) is 1. The second-order valence-electron chi connectivity index (χ2n) is 3.07. The molecule has 0 unspecified atom stereocenters. The first-order chi connectivity index (χ1) is 7.45. The van der Waals surface area contributed by atoms with Gasteiger partial charge < -0.3 is 10.8 Å². The summed E-state index contributed by atoms with van der Waals surface area (Å²) in [6.45, 7) is -0.419. The molecule has 1 aromatic carbocycles. The van der Waals surface area contributed by atoms with Crippen molar-refractivity contribution in [3.8, 4) is 0 Å². The molecule has 0 bridgehead atoms. The number of nitrogens with one attached hydrogen (secondary N) is 1. The lowest BCUT2D eigenvalue weighted by Gasteiger charge is -2.05. The molecule has 16 heavy (non-hydrogen) atoms. The third-order valence-corrected chi connectivity index (χ3v) is 3.26. The van der Waals surface area contributed by atoms with E-state index in [1.807, 2.05) is 4.72 Å². The van der Waals surface area contributed by atoms with Gasteiger partial charge in [0.2, 0.25) is 10.0 Å². The number of carbonyl (C=O) groups is 1. The number of benzene rings is 1. The van der Waals surface area contributed by atoms with Gasteiger partial charge in [0.05, 0.1) is 4.90 Å². The third kappa shape index (κ3) is 3.30. The van der Waals surface area contributed by atoms with Crippen LogP contribution in [0.3, 0.4) is 0 Å². The summed E-state index contributed by atoms with van der Waals surface area (Å²) < 4.78 is 25.1. The molecule has 0 aliphatic heterocycles.